The Kier molecular flexibility index (Phi) is 3.84. The van der Waals surface area contributed by atoms with Gasteiger partial charge in [0, 0.05) is 23.8 Å². The molecule has 1 aliphatic heterocycles. The van der Waals surface area contributed by atoms with Crippen LogP contribution in [-0.4, -0.2) is 40.7 Å². The van der Waals surface area contributed by atoms with Crippen LogP contribution >= 0.6 is 11.3 Å². The van der Waals surface area contributed by atoms with Gasteiger partial charge in [-0.2, -0.15) is 0 Å². The zero-order valence-electron chi connectivity index (χ0n) is 11.7. The Morgan fingerprint density at radius 2 is 2.20 bits per heavy atom. The molecule has 2 rings (SSSR count). The van der Waals surface area contributed by atoms with Crippen LogP contribution in [0.4, 0.5) is 0 Å². The molecule has 2 N–H and O–H groups in total. The molecule has 110 valence electrons. The van der Waals surface area contributed by atoms with Crippen LogP contribution in [0.15, 0.2) is 5.38 Å². The van der Waals surface area contributed by atoms with Crippen molar-refractivity contribution in [2.75, 3.05) is 13.2 Å². The molecule has 0 spiro atoms. The number of carbonyl (C=O) groups is 2. The first-order valence-corrected chi connectivity index (χ1v) is 7.22. The number of carboxylic acid groups (broad SMARTS) is 1. The van der Waals surface area contributed by atoms with Crippen LogP contribution in [-0.2, 0) is 14.9 Å². The molecule has 0 saturated carbocycles. The minimum absolute atomic E-state index is 0.00958. The van der Waals surface area contributed by atoms with Gasteiger partial charge >= 0.3 is 5.97 Å². The van der Waals surface area contributed by atoms with Crippen molar-refractivity contribution in [3.05, 3.63) is 16.1 Å². The summed E-state index contributed by atoms with van der Waals surface area (Å²) in [5.41, 5.74) is -1.21. The summed E-state index contributed by atoms with van der Waals surface area (Å²) >= 11 is 1.40. The largest absolute Gasteiger partial charge is 0.479 e. The van der Waals surface area contributed by atoms with Crippen molar-refractivity contribution >= 4 is 23.2 Å². The maximum absolute atomic E-state index is 12.2. The highest BCUT2D eigenvalue weighted by Gasteiger charge is 2.44. The number of rotatable bonds is 3. The number of thiazole rings is 1. The predicted molar refractivity (Wildman–Crippen MR) is 74.1 cm³/mol. The minimum atomic E-state index is -1.33. The highest BCUT2D eigenvalue weighted by atomic mass is 32.1. The topological polar surface area (TPSA) is 88.5 Å². The first-order valence-electron chi connectivity index (χ1n) is 6.34. The molecule has 0 aliphatic carbocycles. The molecule has 0 aromatic carbocycles. The van der Waals surface area contributed by atoms with Crippen LogP contribution in [0.1, 0.15) is 42.7 Å². The molecule has 1 fully saturated rings. The summed E-state index contributed by atoms with van der Waals surface area (Å²) in [5, 5.41) is 14.3. The fourth-order valence-electron chi connectivity index (χ4n) is 1.89. The molecule has 1 aromatic heterocycles. The first-order chi connectivity index (χ1) is 9.24. The zero-order valence-corrected chi connectivity index (χ0v) is 12.5. The lowest BCUT2D eigenvalue weighted by Gasteiger charge is -2.23. The summed E-state index contributed by atoms with van der Waals surface area (Å²) in [6, 6.07) is 0. The lowest BCUT2D eigenvalue weighted by atomic mass is 9.98. The molecule has 1 unspecified atom stereocenters. The average molecular weight is 298 g/mol. The molecule has 2 heterocycles. The first kappa shape index (κ1) is 14.9. The van der Waals surface area contributed by atoms with Gasteiger partial charge in [0.25, 0.3) is 5.91 Å². The van der Waals surface area contributed by atoms with E-state index in [0.29, 0.717) is 6.61 Å². The number of nitrogens with zero attached hydrogens (tertiary/aromatic N) is 1. The van der Waals surface area contributed by atoms with E-state index in [1.807, 2.05) is 20.8 Å². The summed E-state index contributed by atoms with van der Waals surface area (Å²) in [4.78, 5) is 27.8. The van der Waals surface area contributed by atoms with Crippen LogP contribution in [0.5, 0.6) is 0 Å². The number of aliphatic carboxylic acids is 1. The van der Waals surface area contributed by atoms with Gasteiger partial charge in [-0.25, -0.2) is 9.78 Å². The highest BCUT2D eigenvalue weighted by Crippen LogP contribution is 2.26. The second-order valence-corrected chi connectivity index (χ2v) is 6.79. The van der Waals surface area contributed by atoms with Gasteiger partial charge < -0.3 is 15.2 Å². The van der Waals surface area contributed by atoms with Crippen LogP contribution in [0.25, 0.3) is 0 Å². The monoisotopic (exact) mass is 298 g/mol. The van der Waals surface area contributed by atoms with E-state index in [1.165, 1.54) is 11.3 Å². The number of carbonyl (C=O) groups excluding carboxylic acids is 1. The minimum Gasteiger partial charge on any atom is -0.479 e. The normalized spacial score (nSPS) is 22.8. The van der Waals surface area contributed by atoms with Crippen molar-refractivity contribution in [2.45, 2.75) is 38.1 Å². The Morgan fingerprint density at radius 1 is 1.50 bits per heavy atom. The number of ether oxygens (including phenoxy) is 1. The number of nitrogens with one attached hydrogen (secondary N) is 1. The number of carboxylic acids is 1. The van der Waals surface area contributed by atoms with Crippen molar-refractivity contribution in [1.29, 1.82) is 0 Å². The summed E-state index contributed by atoms with van der Waals surface area (Å²) in [5.74, 6) is -1.54. The van der Waals surface area contributed by atoms with E-state index in [0.717, 1.165) is 5.01 Å². The Bertz CT molecular complexity index is 527. The van der Waals surface area contributed by atoms with Gasteiger partial charge in [0.05, 0.1) is 11.6 Å². The molecule has 20 heavy (non-hydrogen) atoms. The van der Waals surface area contributed by atoms with Crippen molar-refractivity contribution in [2.24, 2.45) is 0 Å². The van der Waals surface area contributed by atoms with E-state index in [9.17, 15) is 14.7 Å². The number of amides is 1. The zero-order chi connectivity index (χ0) is 15.0. The smallest absolute Gasteiger partial charge is 0.331 e. The van der Waals surface area contributed by atoms with Crippen LogP contribution in [0.2, 0.25) is 0 Å². The van der Waals surface area contributed by atoms with Crippen molar-refractivity contribution in [3.8, 4) is 0 Å². The molecule has 1 aromatic rings. The number of hydrogen-bond acceptors (Lipinski definition) is 5. The quantitative estimate of drug-likeness (QED) is 0.881. The molecule has 0 radical (unpaired) electrons. The van der Waals surface area contributed by atoms with Gasteiger partial charge in [-0.1, -0.05) is 20.8 Å². The number of hydrogen-bond donors (Lipinski definition) is 2. The summed E-state index contributed by atoms with van der Waals surface area (Å²) < 4.78 is 5.10. The molecular weight excluding hydrogens is 280 g/mol. The van der Waals surface area contributed by atoms with Gasteiger partial charge in [-0.15, -0.1) is 11.3 Å². The Hall–Kier alpha value is -1.47. The molecule has 7 heteroatoms. The van der Waals surface area contributed by atoms with Gasteiger partial charge in [-0.05, 0) is 0 Å². The van der Waals surface area contributed by atoms with Gasteiger partial charge in [0.2, 0.25) is 0 Å². The van der Waals surface area contributed by atoms with E-state index in [2.05, 4.69) is 10.3 Å². The standard InChI is InChI=1S/C13H18N2O4S/c1-12(2,3)10-14-8(6-20-10)9(16)15-13(11(17)18)4-5-19-7-13/h6H,4-5,7H2,1-3H3,(H,15,16)(H,17,18). The fourth-order valence-corrected chi connectivity index (χ4v) is 2.78. The Morgan fingerprint density at radius 3 is 2.65 bits per heavy atom. The summed E-state index contributed by atoms with van der Waals surface area (Å²) in [6.07, 6.45) is 0.268. The van der Waals surface area contributed by atoms with E-state index >= 15 is 0 Å². The van der Waals surface area contributed by atoms with E-state index in [1.54, 1.807) is 5.38 Å². The summed E-state index contributed by atoms with van der Waals surface area (Å²) in [7, 11) is 0. The van der Waals surface area contributed by atoms with E-state index < -0.39 is 17.4 Å². The van der Waals surface area contributed by atoms with Gasteiger partial charge in [0.15, 0.2) is 5.54 Å². The molecule has 1 saturated heterocycles. The molecular formula is C13H18N2O4S. The lowest BCUT2D eigenvalue weighted by molar-refractivity contribution is -0.144. The third kappa shape index (κ3) is 2.83. The molecule has 0 bridgehead atoms. The summed E-state index contributed by atoms with van der Waals surface area (Å²) in [6.45, 7) is 6.35. The molecule has 6 nitrogen and oxygen atoms in total. The Labute approximate surface area is 121 Å². The van der Waals surface area contributed by atoms with Gasteiger partial charge in [0.1, 0.15) is 5.69 Å². The molecule has 1 amide bonds. The number of aromatic nitrogens is 1. The maximum atomic E-state index is 12.2. The van der Waals surface area contributed by atoms with Crippen molar-refractivity contribution < 1.29 is 19.4 Å². The molecule has 1 aliphatic rings. The van der Waals surface area contributed by atoms with Crippen LogP contribution < -0.4 is 5.32 Å². The maximum Gasteiger partial charge on any atom is 0.331 e. The van der Waals surface area contributed by atoms with Crippen molar-refractivity contribution in [1.82, 2.24) is 10.3 Å². The highest BCUT2D eigenvalue weighted by molar-refractivity contribution is 7.10. The Balaban J connectivity index is 2.16. The van der Waals surface area contributed by atoms with E-state index in [4.69, 9.17) is 4.74 Å². The molecule has 1 atom stereocenters. The fraction of sp³-hybridized carbons (Fsp3) is 0.615. The third-order valence-corrected chi connectivity index (χ3v) is 4.43. The predicted octanol–water partition coefficient (Wildman–Crippen LogP) is 1.41. The lowest BCUT2D eigenvalue weighted by Crippen LogP contribution is -2.55. The van der Waals surface area contributed by atoms with Gasteiger partial charge in [-0.3, -0.25) is 4.79 Å². The van der Waals surface area contributed by atoms with Crippen LogP contribution in [0.3, 0.4) is 0 Å². The third-order valence-electron chi connectivity index (χ3n) is 3.16. The van der Waals surface area contributed by atoms with E-state index in [-0.39, 0.29) is 24.1 Å². The second kappa shape index (κ2) is 5.14. The van der Waals surface area contributed by atoms with Crippen LogP contribution in [0, 0.1) is 0 Å². The van der Waals surface area contributed by atoms with Crippen molar-refractivity contribution in [3.63, 3.8) is 0 Å². The average Bonchev–Trinajstić information content (AvgIpc) is 2.96. The SMILES string of the molecule is CC(C)(C)c1nc(C(=O)NC2(C(=O)O)CCOC2)cs1. The second-order valence-electron chi connectivity index (χ2n) is 5.93.